The molecule has 154 valence electrons. The molecule has 0 radical (unpaired) electrons. The Hall–Kier alpha value is -3.26. The molecule has 0 saturated carbocycles. The smallest absolute Gasteiger partial charge is 0.435 e. The van der Waals surface area contributed by atoms with Crippen molar-refractivity contribution in [3.8, 4) is 0 Å². The minimum atomic E-state index is -6.29. The molecule has 15 heteroatoms. The van der Waals surface area contributed by atoms with Crippen LogP contribution >= 0.6 is 0 Å². The molecule has 1 aromatic rings. The number of carbonyl (C=O) groups is 2. The molecule has 0 heterocycles. The SMILES string of the molecule is CC(=O)CC(OC(=O)c1cc([N+](=O)[O-])cc([N+](=O)[O-])c1)(C(F)(F)F)C(F)(F)F. The molecule has 1 rings (SSSR count). The van der Waals surface area contributed by atoms with Gasteiger partial charge in [-0.3, -0.25) is 25.0 Å². The normalized spacial score (nSPS) is 12.4. The van der Waals surface area contributed by atoms with Gasteiger partial charge in [0.15, 0.2) is 0 Å². The molecule has 1 aromatic carbocycles. The summed E-state index contributed by atoms with van der Waals surface area (Å²) < 4.78 is 82.5. The fourth-order valence-electron chi connectivity index (χ4n) is 2.00. The molecule has 0 bridgehead atoms. The zero-order valence-electron chi connectivity index (χ0n) is 13.5. The molecule has 0 saturated heterocycles. The van der Waals surface area contributed by atoms with Crippen LogP contribution in [0.15, 0.2) is 18.2 Å². The fourth-order valence-corrected chi connectivity index (χ4v) is 2.00. The van der Waals surface area contributed by atoms with Gasteiger partial charge in [0.05, 0.1) is 27.9 Å². The summed E-state index contributed by atoms with van der Waals surface area (Å²) in [5.41, 5.74) is -8.88. The summed E-state index contributed by atoms with van der Waals surface area (Å²) in [6.07, 6.45) is -14.9. The number of ether oxygens (including phenoxy) is 1. The van der Waals surface area contributed by atoms with Crippen molar-refractivity contribution in [2.24, 2.45) is 0 Å². The van der Waals surface area contributed by atoms with E-state index in [1.54, 1.807) is 0 Å². The average molecular weight is 418 g/mol. The number of hydrogen-bond donors (Lipinski definition) is 0. The van der Waals surface area contributed by atoms with Crippen molar-refractivity contribution >= 4 is 23.1 Å². The third-order valence-corrected chi connectivity index (χ3v) is 3.24. The van der Waals surface area contributed by atoms with Crippen LogP contribution in [0.25, 0.3) is 0 Å². The Balaban J connectivity index is 3.57. The van der Waals surface area contributed by atoms with Crippen molar-refractivity contribution in [2.75, 3.05) is 0 Å². The third-order valence-electron chi connectivity index (χ3n) is 3.24. The predicted molar refractivity (Wildman–Crippen MR) is 75.3 cm³/mol. The van der Waals surface area contributed by atoms with Crippen LogP contribution in [-0.4, -0.2) is 39.6 Å². The van der Waals surface area contributed by atoms with E-state index in [9.17, 15) is 56.2 Å². The lowest BCUT2D eigenvalue weighted by Crippen LogP contribution is -2.60. The Bertz CT molecular complexity index is 787. The number of non-ortho nitro benzene ring substituents is 2. The molecule has 0 amide bonds. The summed E-state index contributed by atoms with van der Waals surface area (Å²) >= 11 is 0. The van der Waals surface area contributed by atoms with Crippen LogP contribution in [0, 0.1) is 20.2 Å². The number of benzene rings is 1. The summed E-state index contributed by atoms with van der Waals surface area (Å²) in [4.78, 5) is 41.8. The van der Waals surface area contributed by atoms with Crippen molar-refractivity contribution in [3.05, 3.63) is 44.0 Å². The molecule has 0 spiro atoms. The zero-order chi connectivity index (χ0) is 22.1. The second-order valence-electron chi connectivity index (χ2n) is 5.34. The maximum atomic E-state index is 13.2. The first-order valence-corrected chi connectivity index (χ1v) is 6.82. The van der Waals surface area contributed by atoms with Gasteiger partial charge in [0.1, 0.15) is 5.78 Å². The number of ketones is 1. The first-order chi connectivity index (χ1) is 12.5. The van der Waals surface area contributed by atoms with Gasteiger partial charge in [0.2, 0.25) is 0 Å². The Labute approximate surface area is 150 Å². The number of hydrogen-bond acceptors (Lipinski definition) is 7. The molecule has 0 aromatic heterocycles. The molecule has 0 aliphatic carbocycles. The topological polar surface area (TPSA) is 130 Å². The van der Waals surface area contributed by atoms with Gasteiger partial charge in [0.25, 0.3) is 11.4 Å². The van der Waals surface area contributed by atoms with E-state index in [-0.39, 0.29) is 12.1 Å². The van der Waals surface area contributed by atoms with Crippen molar-refractivity contribution in [1.82, 2.24) is 0 Å². The quantitative estimate of drug-likeness (QED) is 0.299. The van der Waals surface area contributed by atoms with Gasteiger partial charge in [-0.25, -0.2) is 4.79 Å². The summed E-state index contributed by atoms with van der Waals surface area (Å²) in [5, 5.41) is 21.5. The van der Waals surface area contributed by atoms with Gasteiger partial charge in [-0.05, 0) is 6.92 Å². The third kappa shape index (κ3) is 4.52. The van der Waals surface area contributed by atoms with Crippen molar-refractivity contribution in [3.63, 3.8) is 0 Å². The number of esters is 1. The second-order valence-corrected chi connectivity index (χ2v) is 5.34. The highest BCUT2D eigenvalue weighted by Crippen LogP contribution is 2.48. The molecular weight excluding hydrogens is 410 g/mol. The lowest BCUT2D eigenvalue weighted by atomic mass is 9.95. The number of alkyl halides is 6. The van der Waals surface area contributed by atoms with Crippen LogP contribution in [0.5, 0.6) is 0 Å². The first kappa shape index (κ1) is 22.8. The van der Waals surface area contributed by atoms with E-state index in [2.05, 4.69) is 4.74 Å². The molecule has 28 heavy (non-hydrogen) atoms. The van der Waals surface area contributed by atoms with Gasteiger partial charge < -0.3 is 4.74 Å². The molecule has 0 aliphatic rings. The maximum Gasteiger partial charge on any atom is 0.438 e. The lowest BCUT2D eigenvalue weighted by molar-refractivity contribution is -0.394. The Morgan fingerprint density at radius 2 is 1.32 bits per heavy atom. The minimum Gasteiger partial charge on any atom is -0.435 e. The standard InChI is InChI=1S/C13H8F6N2O7/c1-6(22)5-11(12(14,15)16,13(17,18)19)28-10(23)7-2-8(20(24)25)4-9(3-7)21(26)27/h2-4H,5H2,1H3. The lowest BCUT2D eigenvalue weighted by Gasteiger charge is -2.35. The van der Waals surface area contributed by atoms with Crippen LogP contribution in [0.1, 0.15) is 23.7 Å². The van der Waals surface area contributed by atoms with Gasteiger partial charge in [0, 0.05) is 12.1 Å². The number of carbonyl (C=O) groups excluding carboxylic acids is 2. The van der Waals surface area contributed by atoms with Crippen LogP contribution in [-0.2, 0) is 9.53 Å². The number of rotatable bonds is 6. The highest BCUT2D eigenvalue weighted by Gasteiger charge is 2.74. The summed E-state index contributed by atoms with van der Waals surface area (Å²) in [7, 11) is 0. The highest BCUT2D eigenvalue weighted by molar-refractivity contribution is 5.92. The molecule has 0 fully saturated rings. The van der Waals surface area contributed by atoms with Crippen LogP contribution in [0.3, 0.4) is 0 Å². The summed E-state index contributed by atoms with van der Waals surface area (Å²) in [5.74, 6) is -4.03. The zero-order valence-corrected chi connectivity index (χ0v) is 13.5. The van der Waals surface area contributed by atoms with E-state index < -0.39 is 62.9 Å². The summed E-state index contributed by atoms with van der Waals surface area (Å²) in [6.45, 7) is 0.387. The van der Waals surface area contributed by atoms with Crippen molar-refractivity contribution < 1.29 is 50.5 Å². The summed E-state index contributed by atoms with van der Waals surface area (Å²) in [6, 6.07) is 0.717. The Kier molecular flexibility index (Phi) is 6.02. The molecule has 9 nitrogen and oxygen atoms in total. The van der Waals surface area contributed by atoms with Gasteiger partial charge in [-0.15, -0.1) is 0 Å². The van der Waals surface area contributed by atoms with Gasteiger partial charge >= 0.3 is 23.9 Å². The largest absolute Gasteiger partial charge is 0.438 e. The minimum absolute atomic E-state index is 0.195. The maximum absolute atomic E-state index is 13.2. The van der Waals surface area contributed by atoms with Crippen molar-refractivity contribution in [2.45, 2.75) is 31.3 Å². The number of nitro benzene ring substituents is 2. The van der Waals surface area contributed by atoms with Gasteiger partial charge in [-0.2, -0.15) is 26.3 Å². The van der Waals surface area contributed by atoms with E-state index >= 15 is 0 Å². The van der Waals surface area contributed by atoms with Crippen molar-refractivity contribution in [1.29, 1.82) is 0 Å². The molecule has 0 unspecified atom stereocenters. The molecule has 0 aliphatic heterocycles. The first-order valence-electron chi connectivity index (χ1n) is 6.82. The number of Topliss-reactive ketones (excluding diaryl/α,β-unsaturated/α-hetero) is 1. The number of nitrogens with zero attached hydrogens (tertiary/aromatic N) is 2. The predicted octanol–water partition coefficient (Wildman–Crippen LogP) is 3.50. The van der Waals surface area contributed by atoms with E-state index in [0.29, 0.717) is 13.0 Å². The molecular formula is C13H8F6N2O7. The Morgan fingerprint density at radius 3 is 1.61 bits per heavy atom. The average Bonchev–Trinajstić information content (AvgIpc) is 2.50. The van der Waals surface area contributed by atoms with E-state index in [1.165, 1.54) is 0 Å². The highest BCUT2D eigenvalue weighted by atomic mass is 19.4. The molecule has 0 atom stereocenters. The van der Waals surface area contributed by atoms with Crippen LogP contribution < -0.4 is 0 Å². The Morgan fingerprint density at radius 1 is 0.929 bits per heavy atom. The second kappa shape index (κ2) is 7.40. The van der Waals surface area contributed by atoms with E-state index in [4.69, 9.17) is 0 Å². The van der Waals surface area contributed by atoms with Crippen LogP contribution in [0.2, 0.25) is 0 Å². The monoisotopic (exact) mass is 418 g/mol. The van der Waals surface area contributed by atoms with Gasteiger partial charge in [-0.1, -0.05) is 0 Å². The molecule has 0 N–H and O–H groups in total. The van der Waals surface area contributed by atoms with E-state index in [0.717, 1.165) is 0 Å². The van der Waals surface area contributed by atoms with E-state index in [1.807, 2.05) is 0 Å². The fraction of sp³-hybridized carbons (Fsp3) is 0.385. The number of nitro groups is 2. The van der Waals surface area contributed by atoms with Crippen LogP contribution in [0.4, 0.5) is 37.7 Å². The number of halogens is 6.